The Balaban J connectivity index is 2.60. The number of imidazole rings is 1. The Labute approximate surface area is 71.5 Å². The van der Waals surface area contributed by atoms with Crippen molar-refractivity contribution in [3.8, 4) is 0 Å². The fourth-order valence-corrected chi connectivity index (χ4v) is 1.63. The Morgan fingerprint density at radius 2 is 2.42 bits per heavy atom. The van der Waals surface area contributed by atoms with Crippen LogP contribution in [-0.2, 0) is 13.0 Å². The molecular weight excluding hydrogens is 150 g/mol. The molecule has 3 nitrogen and oxygen atoms in total. The summed E-state index contributed by atoms with van der Waals surface area (Å²) in [5.74, 6) is 1.99. The highest BCUT2D eigenvalue weighted by molar-refractivity contribution is 5.59. The fraction of sp³-hybridized carbons (Fsp3) is 0.333. The van der Waals surface area contributed by atoms with Gasteiger partial charge in [-0.2, -0.15) is 0 Å². The number of nitrogens with zero attached hydrogens (tertiary/aromatic N) is 3. The van der Waals surface area contributed by atoms with Gasteiger partial charge in [-0.3, -0.25) is 0 Å². The average molecular weight is 161 g/mol. The maximum Gasteiger partial charge on any atom is 0.159 e. The van der Waals surface area contributed by atoms with E-state index in [4.69, 9.17) is 0 Å². The van der Waals surface area contributed by atoms with Crippen LogP contribution < -0.4 is 0 Å². The highest BCUT2D eigenvalue weighted by atomic mass is 15.2. The quantitative estimate of drug-likeness (QED) is 0.608. The van der Waals surface area contributed by atoms with E-state index in [1.54, 1.807) is 6.08 Å². The van der Waals surface area contributed by atoms with Gasteiger partial charge in [-0.25, -0.2) is 9.98 Å². The summed E-state index contributed by atoms with van der Waals surface area (Å²) < 4.78 is 2.12. The molecule has 1 aromatic rings. The van der Waals surface area contributed by atoms with Crippen molar-refractivity contribution < 1.29 is 0 Å². The van der Waals surface area contributed by atoms with E-state index in [-0.39, 0.29) is 0 Å². The van der Waals surface area contributed by atoms with Gasteiger partial charge in [0.15, 0.2) is 5.82 Å². The molecule has 0 spiro atoms. The van der Waals surface area contributed by atoms with Crippen LogP contribution in [0.15, 0.2) is 11.6 Å². The second-order valence-corrected chi connectivity index (χ2v) is 2.85. The van der Waals surface area contributed by atoms with Crippen molar-refractivity contribution in [1.29, 1.82) is 0 Å². The lowest BCUT2D eigenvalue weighted by atomic mass is 10.3. The van der Waals surface area contributed by atoms with Crippen LogP contribution in [0.5, 0.6) is 0 Å². The maximum atomic E-state index is 4.39. The van der Waals surface area contributed by atoms with Gasteiger partial charge in [0, 0.05) is 13.0 Å². The van der Waals surface area contributed by atoms with Crippen LogP contribution in [0.3, 0.4) is 0 Å². The minimum atomic E-state index is 0.861. The zero-order chi connectivity index (χ0) is 8.55. The first-order valence-corrected chi connectivity index (χ1v) is 4.05. The second-order valence-electron chi connectivity index (χ2n) is 2.85. The zero-order valence-electron chi connectivity index (χ0n) is 6.95. The molecule has 1 aliphatic rings. The Morgan fingerprint density at radius 3 is 3.08 bits per heavy atom. The minimum Gasteiger partial charge on any atom is -0.313 e. The van der Waals surface area contributed by atoms with E-state index in [0.29, 0.717) is 0 Å². The highest BCUT2D eigenvalue weighted by Gasteiger charge is 2.18. The average Bonchev–Trinajstić information content (AvgIpc) is 2.61. The van der Waals surface area contributed by atoms with E-state index in [0.717, 1.165) is 30.3 Å². The molecule has 1 aliphatic heterocycles. The lowest BCUT2D eigenvalue weighted by Crippen LogP contribution is -1.90. The predicted octanol–water partition coefficient (Wildman–Crippen LogP) is 1.80. The van der Waals surface area contributed by atoms with Gasteiger partial charge in [0.2, 0.25) is 0 Å². The Hall–Kier alpha value is -1.38. The topological polar surface area (TPSA) is 30.2 Å². The standard InChI is InChI=1S/C9H11N3/c1-3-7-9(10-2)12-6-4-5-8(12)11-7/h3H,1-2,4-6H2. The van der Waals surface area contributed by atoms with Gasteiger partial charge in [-0.1, -0.05) is 6.58 Å². The summed E-state index contributed by atoms with van der Waals surface area (Å²) in [5, 5.41) is 0. The lowest BCUT2D eigenvalue weighted by molar-refractivity contribution is 0.752. The molecule has 12 heavy (non-hydrogen) atoms. The zero-order valence-corrected chi connectivity index (χ0v) is 6.95. The molecule has 3 heteroatoms. The van der Waals surface area contributed by atoms with Crippen LogP contribution in [-0.4, -0.2) is 16.3 Å². The van der Waals surface area contributed by atoms with Crippen molar-refractivity contribution in [2.45, 2.75) is 19.4 Å². The third kappa shape index (κ3) is 0.826. The van der Waals surface area contributed by atoms with Gasteiger partial charge in [0.25, 0.3) is 0 Å². The third-order valence-electron chi connectivity index (χ3n) is 2.17. The van der Waals surface area contributed by atoms with Gasteiger partial charge < -0.3 is 4.57 Å². The summed E-state index contributed by atoms with van der Waals surface area (Å²) in [6.07, 6.45) is 3.95. The van der Waals surface area contributed by atoms with E-state index in [1.165, 1.54) is 6.42 Å². The molecule has 0 saturated carbocycles. The van der Waals surface area contributed by atoms with E-state index >= 15 is 0 Å². The molecule has 0 aromatic carbocycles. The van der Waals surface area contributed by atoms with Crippen molar-refractivity contribution in [3.63, 3.8) is 0 Å². The molecule has 0 atom stereocenters. The smallest absolute Gasteiger partial charge is 0.159 e. The van der Waals surface area contributed by atoms with Crippen LogP contribution in [0.1, 0.15) is 17.9 Å². The summed E-state index contributed by atoms with van der Waals surface area (Å²) in [7, 11) is 0. The van der Waals surface area contributed by atoms with Crippen LogP contribution >= 0.6 is 0 Å². The van der Waals surface area contributed by atoms with Crippen LogP contribution in [0.4, 0.5) is 5.82 Å². The summed E-state index contributed by atoms with van der Waals surface area (Å²) >= 11 is 0. The molecule has 0 saturated heterocycles. The van der Waals surface area contributed by atoms with E-state index < -0.39 is 0 Å². The Bertz CT molecular complexity index is 336. The molecule has 0 radical (unpaired) electrons. The maximum absolute atomic E-state index is 4.39. The van der Waals surface area contributed by atoms with E-state index in [9.17, 15) is 0 Å². The van der Waals surface area contributed by atoms with Crippen molar-refractivity contribution in [1.82, 2.24) is 9.55 Å². The van der Waals surface area contributed by atoms with Gasteiger partial charge in [0.1, 0.15) is 11.5 Å². The lowest BCUT2D eigenvalue weighted by Gasteiger charge is -1.97. The molecule has 0 aliphatic carbocycles. The first-order chi connectivity index (χ1) is 5.86. The molecule has 1 aromatic heterocycles. The number of aryl methyl sites for hydroxylation is 1. The molecule has 2 heterocycles. The third-order valence-corrected chi connectivity index (χ3v) is 2.17. The number of rotatable bonds is 2. The van der Waals surface area contributed by atoms with Crippen molar-refractivity contribution >= 4 is 18.6 Å². The van der Waals surface area contributed by atoms with Gasteiger partial charge in [-0.15, -0.1) is 0 Å². The largest absolute Gasteiger partial charge is 0.313 e. The van der Waals surface area contributed by atoms with Gasteiger partial charge >= 0.3 is 0 Å². The van der Waals surface area contributed by atoms with E-state index in [2.05, 4.69) is 27.8 Å². The van der Waals surface area contributed by atoms with Crippen molar-refractivity contribution in [3.05, 3.63) is 18.1 Å². The molecule has 62 valence electrons. The number of hydrogen-bond acceptors (Lipinski definition) is 2. The Morgan fingerprint density at radius 1 is 1.58 bits per heavy atom. The van der Waals surface area contributed by atoms with Crippen molar-refractivity contribution in [2.75, 3.05) is 0 Å². The minimum absolute atomic E-state index is 0.861. The number of hydrogen-bond donors (Lipinski definition) is 0. The monoisotopic (exact) mass is 161 g/mol. The number of fused-ring (bicyclic) bond motifs is 1. The van der Waals surface area contributed by atoms with E-state index in [1.807, 2.05) is 0 Å². The normalized spacial score (nSPS) is 14.3. The molecule has 0 fully saturated rings. The highest BCUT2D eigenvalue weighted by Crippen LogP contribution is 2.26. The summed E-state index contributed by atoms with van der Waals surface area (Å²) in [6, 6.07) is 0. The molecular formula is C9H11N3. The Kier molecular flexibility index (Phi) is 1.57. The first-order valence-electron chi connectivity index (χ1n) is 4.05. The molecule has 2 rings (SSSR count). The molecule has 0 N–H and O–H groups in total. The van der Waals surface area contributed by atoms with Crippen LogP contribution in [0.2, 0.25) is 0 Å². The van der Waals surface area contributed by atoms with Crippen molar-refractivity contribution in [2.24, 2.45) is 4.99 Å². The second kappa shape index (κ2) is 2.59. The van der Waals surface area contributed by atoms with Gasteiger partial charge in [0.05, 0.1) is 0 Å². The molecule has 0 unspecified atom stereocenters. The first kappa shape index (κ1) is 7.28. The SMILES string of the molecule is C=Cc1nc2n(c1N=C)CCC2. The summed E-state index contributed by atoms with van der Waals surface area (Å²) in [5.41, 5.74) is 0.861. The summed E-state index contributed by atoms with van der Waals surface area (Å²) in [6.45, 7) is 8.24. The predicted molar refractivity (Wildman–Crippen MR) is 49.8 cm³/mol. The van der Waals surface area contributed by atoms with Gasteiger partial charge in [-0.05, 0) is 19.2 Å². The molecule has 0 bridgehead atoms. The van der Waals surface area contributed by atoms with Crippen LogP contribution in [0, 0.1) is 0 Å². The molecule has 0 amide bonds. The summed E-state index contributed by atoms with van der Waals surface area (Å²) in [4.78, 5) is 8.34. The number of aliphatic imine (C=N–C) groups is 1. The number of aromatic nitrogens is 2. The van der Waals surface area contributed by atoms with Crippen LogP contribution in [0.25, 0.3) is 6.08 Å². The fourth-order valence-electron chi connectivity index (χ4n) is 1.63.